The predicted molar refractivity (Wildman–Crippen MR) is 102 cm³/mol. The number of carbonyl (C=O) groups excluding carboxylic acids is 2. The van der Waals surface area contributed by atoms with Crippen molar-refractivity contribution in [2.24, 2.45) is 0 Å². The fourth-order valence-electron chi connectivity index (χ4n) is 2.54. The van der Waals surface area contributed by atoms with E-state index in [1.54, 1.807) is 56.6 Å². The molecule has 132 valence electrons. The highest BCUT2D eigenvalue weighted by molar-refractivity contribution is 6.34. The summed E-state index contributed by atoms with van der Waals surface area (Å²) < 4.78 is 0. The first kappa shape index (κ1) is 17.7. The normalized spacial score (nSPS) is 10.6. The Morgan fingerprint density at radius 3 is 2.50 bits per heavy atom. The van der Waals surface area contributed by atoms with E-state index in [0.717, 1.165) is 0 Å². The smallest absolute Gasteiger partial charge is 0.272 e. The SMILES string of the molecule is CN(C)C(=O)c1ccc(NC(=O)c2cc3ccccc3c(=O)[nH]2)cc1Cl. The molecule has 0 radical (unpaired) electrons. The zero-order valence-electron chi connectivity index (χ0n) is 14.2. The number of nitrogens with zero attached hydrogens (tertiary/aromatic N) is 1. The van der Waals surface area contributed by atoms with Crippen molar-refractivity contribution in [3.63, 3.8) is 0 Å². The van der Waals surface area contributed by atoms with Crippen molar-refractivity contribution < 1.29 is 9.59 Å². The third-order valence-corrected chi connectivity index (χ3v) is 4.17. The molecule has 0 saturated carbocycles. The molecule has 7 heteroatoms. The highest BCUT2D eigenvalue weighted by atomic mass is 35.5. The molecule has 0 atom stereocenters. The molecule has 0 aliphatic heterocycles. The van der Waals surface area contributed by atoms with Crippen LogP contribution in [-0.2, 0) is 0 Å². The van der Waals surface area contributed by atoms with Crippen molar-refractivity contribution in [2.45, 2.75) is 0 Å². The van der Waals surface area contributed by atoms with Crippen LogP contribution in [0.1, 0.15) is 20.8 Å². The number of fused-ring (bicyclic) bond motifs is 1. The molecule has 1 heterocycles. The van der Waals surface area contributed by atoms with Crippen LogP contribution in [0, 0.1) is 0 Å². The molecule has 0 unspecified atom stereocenters. The third kappa shape index (κ3) is 3.45. The number of H-pyrrole nitrogens is 1. The van der Waals surface area contributed by atoms with Crippen molar-refractivity contribution in [3.8, 4) is 0 Å². The molecule has 26 heavy (non-hydrogen) atoms. The van der Waals surface area contributed by atoms with Gasteiger partial charge in [0.2, 0.25) is 0 Å². The summed E-state index contributed by atoms with van der Waals surface area (Å²) in [6, 6.07) is 13.2. The minimum absolute atomic E-state index is 0.137. The lowest BCUT2D eigenvalue weighted by Crippen LogP contribution is -2.22. The average molecular weight is 370 g/mol. The minimum Gasteiger partial charge on any atom is -0.345 e. The molecule has 3 aromatic rings. The van der Waals surface area contributed by atoms with E-state index < -0.39 is 5.91 Å². The van der Waals surface area contributed by atoms with Crippen LogP contribution < -0.4 is 10.9 Å². The number of pyridine rings is 1. The molecule has 0 aliphatic carbocycles. The Balaban J connectivity index is 1.88. The maximum atomic E-state index is 12.4. The number of hydrogen-bond acceptors (Lipinski definition) is 3. The molecular weight excluding hydrogens is 354 g/mol. The van der Waals surface area contributed by atoms with Crippen molar-refractivity contribution in [1.29, 1.82) is 0 Å². The number of aromatic nitrogens is 1. The zero-order valence-corrected chi connectivity index (χ0v) is 14.9. The van der Waals surface area contributed by atoms with Gasteiger partial charge < -0.3 is 15.2 Å². The summed E-state index contributed by atoms with van der Waals surface area (Å²) in [5.74, 6) is -0.706. The predicted octanol–water partition coefficient (Wildman–Crippen LogP) is 3.14. The lowest BCUT2D eigenvalue weighted by molar-refractivity contribution is 0.0827. The number of benzene rings is 2. The van der Waals surface area contributed by atoms with E-state index in [1.165, 1.54) is 11.0 Å². The molecular formula is C19H16ClN3O3. The maximum absolute atomic E-state index is 12.4. The van der Waals surface area contributed by atoms with Crippen LogP contribution in [0.3, 0.4) is 0 Å². The van der Waals surface area contributed by atoms with Crippen LogP contribution in [0.25, 0.3) is 10.8 Å². The summed E-state index contributed by atoms with van der Waals surface area (Å²) in [7, 11) is 3.26. The van der Waals surface area contributed by atoms with Crippen LogP contribution in [0.2, 0.25) is 5.02 Å². The first-order valence-electron chi connectivity index (χ1n) is 7.81. The average Bonchev–Trinajstić information content (AvgIpc) is 2.61. The van der Waals surface area contributed by atoms with E-state index in [4.69, 9.17) is 11.6 Å². The second kappa shape index (κ2) is 7.01. The van der Waals surface area contributed by atoms with Crippen molar-refractivity contribution in [3.05, 3.63) is 75.2 Å². The number of halogens is 1. The molecule has 0 saturated heterocycles. The molecule has 0 aliphatic rings. The Morgan fingerprint density at radius 2 is 1.81 bits per heavy atom. The van der Waals surface area contributed by atoms with Gasteiger partial charge in [-0.3, -0.25) is 14.4 Å². The quantitative estimate of drug-likeness (QED) is 0.744. The Hall–Kier alpha value is -3.12. The van der Waals surface area contributed by atoms with Gasteiger partial charge in [0.15, 0.2) is 0 Å². The van der Waals surface area contributed by atoms with Gasteiger partial charge in [0.1, 0.15) is 5.69 Å². The third-order valence-electron chi connectivity index (χ3n) is 3.86. The molecule has 1 aromatic heterocycles. The van der Waals surface area contributed by atoms with Crippen LogP contribution in [0.15, 0.2) is 53.3 Å². The van der Waals surface area contributed by atoms with Gasteiger partial charge in [-0.05, 0) is 35.7 Å². The Kier molecular flexibility index (Phi) is 4.77. The highest BCUT2D eigenvalue weighted by Gasteiger charge is 2.14. The molecule has 0 fully saturated rings. The molecule has 2 N–H and O–H groups in total. The molecule has 0 bridgehead atoms. The molecule has 0 spiro atoms. The van der Waals surface area contributed by atoms with Gasteiger partial charge in [-0.2, -0.15) is 0 Å². The Morgan fingerprint density at radius 1 is 1.08 bits per heavy atom. The zero-order chi connectivity index (χ0) is 18.8. The number of aromatic amines is 1. The van der Waals surface area contributed by atoms with E-state index >= 15 is 0 Å². The lowest BCUT2D eigenvalue weighted by Gasteiger charge is -2.13. The number of amides is 2. The second-order valence-electron chi connectivity index (χ2n) is 5.95. The van der Waals surface area contributed by atoms with Crippen molar-refractivity contribution in [1.82, 2.24) is 9.88 Å². The van der Waals surface area contributed by atoms with E-state index in [9.17, 15) is 14.4 Å². The van der Waals surface area contributed by atoms with Crippen molar-refractivity contribution in [2.75, 3.05) is 19.4 Å². The number of hydrogen-bond donors (Lipinski definition) is 2. The number of anilines is 1. The summed E-state index contributed by atoms with van der Waals surface area (Å²) >= 11 is 6.14. The van der Waals surface area contributed by atoms with Gasteiger partial charge in [0, 0.05) is 25.2 Å². The van der Waals surface area contributed by atoms with Crippen LogP contribution in [0.4, 0.5) is 5.69 Å². The Bertz CT molecular complexity index is 1070. The molecule has 2 amide bonds. The Labute approximate surface area is 154 Å². The standard InChI is InChI=1S/C19H16ClN3O3/c1-23(2)19(26)14-8-7-12(10-15(14)20)21-18(25)16-9-11-5-3-4-6-13(11)17(24)22-16/h3-10H,1-2H3,(H,21,25)(H,22,24). The lowest BCUT2D eigenvalue weighted by atomic mass is 10.1. The fourth-order valence-corrected chi connectivity index (χ4v) is 2.80. The maximum Gasteiger partial charge on any atom is 0.272 e. The first-order chi connectivity index (χ1) is 12.4. The van der Waals surface area contributed by atoms with E-state index in [0.29, 0.717) is 22.0 Å². The van der Waals surface area contributed by atoms with Crippen LogP contribution >= 0.6 is 11.6 Å². The summed E-state index contributed by atoms with van der Waals surface area (Å²) in [6.45, 7) is 0. The van der Waals surface area contributed by atoms with Gasteiger partial charge in [-0.1, -0.05) is 29.8 Å². The first-order valence-corrected chi connectivity index (χ1v) is 8.19. The fraction of sp³-hybridized carbons (Fsp3) is 0.105. The minimum atomic E-state index is -0.476. The van der Waals surface area contributed by atoms with Crippen LogP contribution in [-0.4, -0.2) is 35.8 Å². The van der Waals surface area contributed by atoms with E-state index in [1.807, 2.05) is 0 Å². The monoisotopic (exact) mass is 369 g/mol. The summed E-state index contributed by atoms with van der Waals surface area (Å²) in [4.78, 5) is 40.5. The number of carbonyl (C=O) groups is 2. The topological polar surface area (TPSA) is 82.3 Å². The second-order valence-corrected chi connectivity index (χ2v) is 6.35. The number of nitrogens with one attached hydrogen (secondary N) is 2. The molecule has 3 rings (SSSR count). The van der Waals surface area contributed by atoms with Gasteiger partial charge >= 0.3 is 0 Å². The summed E-state index contributed by atoms with van der Waals surface area (Å²) in [6.07, 6.45) is 0. The molecule has 6 nitrogen and oxygen atoms in total. The van der Waals surface area contributed by atoms with Crippen LogP contribution in [0.5, 0.6) is 0 Å². The van der Waals surface area contributed by atoms with E-state index in [-0.39, 0.29) is 22.2 Å². The van der Waals surface area contributed by atoms with Gasteiger partial charge in [-0.15, -0.1) is 0 Å². The summed E-state index contributed by atoms with van der Waals surface area (Å²) in [5, 5.41) is 4.08. The van der Waals surface area contributed by atoms with Gasteiger partial charge in [0.05, 0.1) is 10.6 Å². The van der Waals surface area contributed by atoms with Crippen molar-refractivity contribution >= 4 is 39.9 Å². The number of rotatable bonds is 3. The van der Waals surface area contributed by atoms with E-state index in [2.05, 4.69) is 10.3 Å². The molecule has 2 aromatic carbocycles. The highest BCUT2D eigenvalue weighted by Crippen LogP contribution is 2.22. The summed E-state index contributed by atoms with van der Waals surface area (Å²) in [5.41, 5.74) is 0.564. The largest absolute Gasteiger partial charge is 0.345 e. The van der Waals surface area contributed by atoms with Gasteiger partial charge in [0.25, 0.3) is 17.4 Å². The van der Waals surface area contributed by atoms with Gasteiger partial charge in [-0.25, -0.2) is 0 Å².